The van der Waals surface area contributed by atoms with Gasteiger partial charge in [-0.25, -0.2) is 9.37 Å². The third-order valence-corrected chi connectivity index (χ3v) is 4.32. The Kier molecular flexibility index (Phi) is 4.28. The minimum atomic E-state index is -0.198. The van der Waals surface area contributed by atoms with Gasteiger partial charge in [0.05, 0.1) is 22.4 Å². The van der Waals surface area contributed by atoms with Gasteiger partial charge < -0.3 is 11.1 Å². The van der Waals surface area contributed by atoms with Crippen LogP contribution in [0.2, 0.25) is 0 Å². The van der Waals surface area contributed by atoms with Crippen LogP contribution in [-0.2, 0) is 0 Å². The lowest BCUT2D eigenvalue weighted by Crippen LogP contribution is -2.10. The zero-order valence-electron chi connectivity index (χ0n) is 11.7. The highest BCUT2D eigenvalue weighted by Gasteiger charge is 2.12. The summed E-state index contributed by atoms with van der Waals surface area (Å²) < 4.78 is 14.4. The van der Waals surface area contributed by atoms with Gasteiger partial charge in [0.1, 0.15) is 11.6 Å². The molecule has 1 heterocycles. The largest absolute Gasteiger partial charge is 0.397 e. The molecule has 0 aliphatic heterocycles. The van der Waals surface area contributed by atoms with Gasteiger partial charge >= 0.3 is 0 Å². The highest BCUT2D eigenvalue weighted by atomic mass is 79.9. The van der Waals surface area contributed by atoms with Crippen LogP contribution in [0.15, 0.2) is 28.9 Å². The number of nitrogens with two attached hydrogens (primary N) is 1. The van der Waals surface area contributed by atoms with Gasteiger partial charge in [0.2, 0.25) is 0 Å². The zero-order valence-corrected chi connectivity index (χ0v) is 13.3. The van der Waals surface area contributed by atoms with Crippen LogP contribution in [0.5, 0.6) is 0 Å². The molecule has 20 heavy (non-hydrogen) atoms. The van der Waals surface area contributed by atoms with Crippen molar-refractivity contribution in [3.63, 3.8) is 0 Å². The summed E-state index contributed by atoms with van der Waals surface area (Å²) in [5.41, 5.74) is 8.88. The third kappa shape index (κ3) is 2.93. The summed E-state index contributed by atoms with van der Waals surface area (Å²) in [6.07, 6.45) is 1.62. The smallest absolute Gasteiger partial charge is 0.141 e. The third-order valence-electron chi connectivity index (χ3n) is 3.35. The quantitative estimate of drug-likeness (QED) is 0.874. The van der Waals surface area contributed by atoms with Gasteiger partial charge in [-0.3, -0.25) is 0 Å². The van der Waals surface area contributed by atoms with E-state index in [1.54, 1.807) is 25.3 Å². The number of hydrogen-bond acceptors (Lipinski definition) is 3. The number of pyridine rings is 1. The van der Waals surface area contributed by atoms with Crippen molar-refractivity contribution in [1.29, 1.82) is 0 Å². The number of benzene rings is 1. The molecular weight excluding hydrogens is 321 g/mol. The van der Waals surface area contributed by atoms with Crippen LogP contribution in [0.3, 0.4) is 0 Å². The number of aromatic nitrogens is 1. The predicted molar refractivity (Wildman–Crippen MR) is 84.3 cm³/mol. The van der Waals surface area contributed by atoms with E-state index in [1.807, 2.05) is 19.9 Å². The maximum atomic E-state index is 13.6. The van der Waals surface area contributed by atoms with Gasteiger partial charge in [-0.15, -0.1) is 0 Å². The van der Waals surface area contributed by atoms with Crippen molar-refractivity contribution >= 4 is 27.4 Å². The van der Waals surface area contributed by atoms with Crippen molar-refractivity contribution in [3.05, 3.63) is 51.4 Å². The lowest BCUT2D eigenvalue weighted by molar-refractivity contribution is 0.614. The minimum absolute atomic E-state index is 0.0584. The van der Waals surface area contributed by atoms with Gasteiger partial charge in [-0.1, -0.05) is 12.1 Å². The van der Waals surface area contributed by atoms with Crippen molar-refractivity contribution in [3.8, 4) is 0 Å². The molecule has 0 spiro atoms. The van der Waals surface area contributed by atoms with Crippen molar-refractivity contribution < 1.29 is 4.39 Å². The van der Waals surface area contributed by atoms with Crippen molar-refractivity contribution in [1.82, 2.24) is 4.98 Å². The molecule has 0 aliphatic rings. The fourth-order valence-electron chi connectivity index (χ4n) is 1.86. The molecule has 0 amide bonds. The van der Waals surface area contributed by atoms with E-state index in [0.29, 0.717) is 17.1 Å². The first-order chi connectivity index (χ1) is 9.40. The van der Waals surface area contributed by atoms with Crippen molar-refractivity contribution in [2.75, 3.05) is 11.1 Å². The highest BCUT2D eigenvalue weighted by Crippen LogP contribution is 2.30. The lowest BCUT2D eigenvalue weighted by Gasteiger charge is -2.17. The highest BCUT2D eigenvalue weighted by molar-refractivity contribution is 9.10. The minimum Gasteiger partial charge on any atom is -0.397 e. The molecule has 0 aliphatic carbocycles. The van der Waals surface area contributed by atoms with Gasteiger partial charge in [0.25, 0.3) is 0 Å². The van der Waals surface area contributed by atoms with E-state index in [-0.39, 0.29) is 11.9 Å². The topological polar surface area (TPSA) is 50.9 Å². The predicted octanol–water partition coefficient (Wildman–Crippen LogP) is 4.36. The zero-order chi connectivity index (χ0) is 14.9. The second-order valence-electron chi connectivity index (χ2n) is 4.88. The molecule has 0 bridgehead atoms. The first-order valence-corrected chi connectivity index (χ1v) is 7.12. The molecule has 1 aromatic heterocycles. The van der Waals surface area contributed by atoms with E-state index < -0.39 is 0 Å². The van der Waals surface area contributed by atoms with Crippen molar-refractivity contribution in [2.45, 2.75) is 26.8 Å². The second kappa shape index (κ2) is 5.79. The van der Waals surface area contributed by atoms with Crippen LogP contribution in [0, 0.1) is 19.7 Å². The average molecular weight is 338 g/mol. The number of rotatable bonds is 3. The van der Waals surface area contributed by atoms with Crippen LogP contribution in [0.25, 0.3) is 0 Å². The van der Waals surface area contributed by atoms with Gasteiger partial charge in [0, 0.05) is 0 Å². The number of nitrogens with zero attached hydrogens (tertiary/aromatic N) is 1. The molecule has 5 heteroatoms. The van der Waals surface area contributed by atoms with E-state index in [1.165, 1.54) is 0 Å². The SMILES string of the molecule is Cc1ccc(C(C)Nc2ncc(N)c(C)c2Br)cc1F. The van der Waals surface area contributed by atoms with E-state index in [2.05, 4.69) is 26.2 Å². The summed E-state index contributed by atoms with van der Waals surface area (Å²) in [7, 11) is 0. The van der Waals surface area contributed by atoms with Crippen LogP contribution in [0.1, 0.15) is 29.7 Å². The second-order valence-corrected chi connectivity index (χ2v) is 5.67. The Morgan fingerprint density at radius 1 is 1.35 bits per heavy atom. The van der Waals surface area contributed by atoms with Crippen LogP contribution in [0.4, 0.5) is 15.9 Å². The monoisotopic (exact) mass is 337 g/mol. The Balaban J connectivity index is 2.25. The van der Waals surface area contributed by atoms with E-state index in [9.17, 15) is 4.39 Å². The fourth-order valence-corrected chi connectivity index (χ4v) is 2.31. The lowest BCUT2D eigenvalue weighted by atomic mass is 10.1. The van der Waals surface area contributed by atoms with Gasteiger partial charge in [-0.05, 0) is 59.5 Å². The standard InChI is InChI=1S/C15H17BrFN3/c1-8-4-5-11(6-12(8)17)10(3)20-15-14(16)9(2)13(18)7-19-15/h4-7,10H,18H2,1-3H3,(H,19,20). The maximum absolute atomic E-state index is 13.6. The Hall–Kier alpha value is -1.62. The molecule has 0 saturated heterocycles. The molecule has 3 nitrogen and oxygen atoms in total. The molecule has 0 saturated carbocycles. The normalized spacial score (nSPS) is 12.2. The van der Waals surface area contributed by atoms with Gasteiger partial charge in [-0.2, -0.15) is 0 Å². The molecule has 106 valence electrons. The van der Waals surface area contributed by atoms with Crippen molar-refractivity contribution in [2.24, 2.45) is 0 Å². The fraction of sp³-hybridized carbons (Fsp3) is 0.267. The summed E-state index contributed by atoms with van der Waals surface area (Å²) in [5.74, 6) is 0.502. The van der Waals surface area contributed by atoms with Crippen LogP contribution in [-0.4, -0.2) is 4.98 Å². The summed E-state index contributed by atoms with van der Waals surface area (Å²) in [5, 5.41) is 3.26. The number of aryl methyl sites for hydroxylation is 1. The number of hydrogen-bond donors (Lipinski definition) is 2. The average Bonchev–Trinajstić information content (AvgIpc) is 2.42. The first-order valence-electron chi connectivity index (χ1n) is 6.33. The van der Waals surface area contributed by atoms with E-state index in [0.717, 1.165) is 15.6 Å². The molecule has 1 atom stereocenters. The van der Waals surface area contributed by atoms with Gasteiger partial charge in [0.15, 0.2) is 0 Å². The molecule has 0 fully saturated rings. The van der Waals surface area contributed by atoms with Crippen LogP contribution >= 0.6 is 15.9 Å². The summed E-state index contributed by atoms with van der Waals surface area (Å²) in [6.45, 7) is 5.63. The first kappa shape index (κ1) is 14.8. The number of anilines is 2. The molecule has 1 unspecified atom stereocenters. The summed E-state index contributed by atoms with van der Waals surface area (Å²) >= 11 is 3.48. The number of nitrogens with one attached hydrogen (secondary N) is 1. The Bertz CT molecular complexity index is 643. The Morgan fingerprint density at radius 3 is 2.70 bits per heavy atom. The Labute approximate surface area is 126 Å². The molecule has 2 aromatic rings. The molecule has 0 radical (unpaired) electrons. The number of nitrogen functional groups attached to an aromatic ring is 1. The number of halogens is 2. The molecule has 3 N–H and O–H groups in total. The maximum Gasteiger partial charge on any atom is 0.141 e. The molecule has 2 rings (SSSR count). The molecular formula is C15H17BrFN3. The van der Waals surface area contributed by atoms with E-state index >= 15 is 0 Å². The Morgan fingerprint density at radius 2 is 2.05 bits per heavy atom. The summed E-state index contributed by atoms with van der Waals surface area (Å²) in [6, 6.07) is 5.18. The van der Waals surface area contributed by atoms with E-state index in [4.69, 9.17) is 5.73 Å². The summed E-state index contributed by atoms with van der Waals surface area (Å²) in [4.78, 5) is 4.27. The molecule has 1 aromatic carbocycles. The van der Waals surface area contributed by atoms with Crippen LogP contribution < -0.4 is 11.1 Å².